The molecule has 0 aliphatic heterocycles. The molecule has 0 spiro atoms. The monoisotopic (exact) mass is 370 g/mol. The Morgan fingerprint density at radius 1 is 1.19 bits per heavy atom. The van der Waals surface area contributed by atoms with Crippen LogP contribution in [0.5, 0.6) is 5.75 Å². The van der Waals surface area contributed by atoms with Crippen LogP contribution in [0, 0.1) is 25.2 Å². The number of rotatable bonds is 7. The SMILES string of the molecule is Cc1cc(/C=C(/C#N)S(=O)(=O)NCCCc2ccccc2)cc(C)c1O. The number of benzene rings is 2. The van der Waals surface area contributed by atoms with E-state index in [0.717, 1.165) is 12.0 Å². The van der Waals surface area contributed by atoms with Gasteiger partial charge in [0, 0.05) is 6.54 Å². The van der Waals surface area contributed by atoms with Crippen LogP contribution in [-0.2, 0) is 16.4 Å². The Kier molecular flexibility index (Phi) is 6.56. The van der Waals surface area contributed by atoms with Gasteiger partial charge in [-0.1, -0.05) is 30.3 Å². The van der Waals surface area contributed by atoms with Gasteiger partial charge >= 0.3 is 0 Å². The molecule has 136 valence electrons. The average Bonchev–Trinajstić information content (AvgIpc) is 2.62. The molecule has 6 heteroatoms. The Morgan fingerprint density at radius 2 is 1.81 bits per heavy atom. The number of phenols is 1. The van der Waals surface area contributed by atoms with Crippen molar-refractivity contribution in [3.63, 3.8) is 0 Å². The number of hydrogen-bond donors (Lipinski definition) is 2. The third-order valence-electron chi connectivity index (χ3n) is 3.99. The van der Waals surface area contributed by atoms with Gasteiger partial charge in [-0.3, -0.25) is 0 Å². The zero-order valence-corrected chi connectivity index (χ0v) is 15.7. The fourth-order valence-corrected chi connectivity index (χ4v) is 3.60. The van der Waals surface area contributed by atoms with E-state index in [1.54, 1.807) is 32.0 Å². The maximum Gasteiger partial charge on any atom is 0.250 e. The van der Waals surface area contributed by atoms with E-state index in [1.165, 1.54) is 6.08 Å². The molecule has 0 aliphatic carbocycles. The number of nitriles is 1. The van der Waals surface area contributed by atoms with Crippen molar-refractivity contribution >= 4 is 16.1 Å². The molecule has 2 rings (SSSR count). The highest BCUT2D eigenvalue weighted by molar-refractivity contribution is 7.93. The number of aromatic hydroxyl groups is 1. The normalized spacial score (nSPS) is 12.0. The highest BCUT2D eigenvalue weighted by Gasteiger charge is 2.17. The highest BCUT2D eigenvalue weighted by Crippen LogP contribution is 2.24. The Morgan fingerprint density at radius 3 is 2.38 bits per heavy atom. The van der Waals surface area contributed by atoms with Crippen molar-refractivity contribution in [1.29, 1.82) is 5.26 Å². The van der Waals surface area contributed by atoms with E-state index in [2.05, 4.69) is 4.72 Å². The maximum atomic E-state index is 12.4. The Balaban J connectivity index is 2.06. The van der Waals surface area contributed by atoms with Gasteiger partial charge in [0.05, 0.1) is 0 Å². The topological polar surface area (TPSA) is 90.2 Å². The lowest BCUT2D eigenvalue weighted by Gasteiger charge is -2.08. The van der Waals surface area contributed by atoms with E-state index in [4.69, 9.17) is 0 Å². The van der Waals surface area contributed by atoms with E-state index in [-0.39, 0.29) is 17.2 Å². The molecule has 0 saturated carbocycles. The van der Waals surface area contributed by atoms with E-state index in [1.807, 2.05) is 30.3 Å². The summed E-state index contributed by atoms with van der Waals surface area (Å²) >= 11 is 0. The summed E-state index contributed by atoms with van der Waals surface area (Å²) in [5.41, 5.74) is 2.95. The minimum Gasteiger partial charge on any atom is -0.507 e. The second-order valence-electron chi connectivity index (χ2n) is 6.11. The van der Waals surface area contributed by atoms with Crippen molar-refractivity contribution in [1.82, 2.24) is 4.72 Å². The first-order valence-corrected chi connectivity index (χ1v) is 9.77. The molecule has 0 aromatic heterocycles. The summed E-state index contributed by atoms with van der Waals surface area (Å²) in [5.74, 6) is 0.169. The van der Waals surface area contributed by atoms with Crippen LogP contribution in [0.15, 0.2) is 47.4 Å². The number of allylic oxidation sites excluding steroid dienone is 1. The van der Waals surface area contributed by atoms with Crippen molar-refractivity contribution in [3.05, 3.63) is 69.6 Å². The first kappa shape index (κ1) is 19.7. The van der Waals surface area contributed by atoms with Crippen molar-refractivity contribution in [3.8, 4) is 11.8 Å². The Labute approximate surface area is 154 Å². The number of sulfonamides is 1. The highest BCUT2D eigenvalue weighted by atomic mass is 32.2. The van der Waals surface area contributed by atoms with Crippen molar-refractivity contribution in [2.24, 2.45) is 0 Å². The molecule has 2 N–H and O–H groups in total. The second kappa shape index (κ2) is 8.65. The van der Waals surface area contributed by atoms with E-state index < -0.39 is 10.0 Å². The maximum absolute atomic E-state index is 12.4. The zero-order valence-electron chi connectivity index (χ0n) is 14.9. The molecule has 5 nitrogen and oxygen atoms in total. The minimum absolute atomic E-state index is 0.169. The lowest BCUT2D eigenvalue weighted by Crippen LogP contribution is -2.26. The molecule has 2 aromatic rings. The molecule has 0 unspecified atom stereocenters. The molecule has 0 aliphatic rings. The first-order valence-electron chi connectivity index (χ1n) is 8.29. The molecular weight excluding hydrogens is 348 g/mol. The van der Waals surface area contributed by atoms with E-state index in [9.17, 15) is 18.8 Å². The van der Waals surface area contributed by atoms with Crippen molar-refractivity contribution in [2.45, 2.75) is 26.7 Å². The van der Waals surface area contributed by atoms with Crippen LogP contribution in [0.1, 0.15) is 28.7 Å². The molecule has 0 radical (unpaired) electrons. The third-order valence-corrected chi connectivity index (χ3v) is 5.36. The molecule has 2 aromatic carbocycles. The number of nitrogens with zero attached hydrogens (tertiary/aromatic N) is 1. The average molecular weight is 370 g/mol. The Bertz CT molecular complexity index is 920. The molecule has 0 saturated heterocycles. The summed E-state index contributed by atoms with van der Waals surface area (Å²) in [5, 5.41) is 19.1. The molecule has 0 amide bonds. The lowest BCUT2D eigenvalue weighted by atomic mass is 10.1. The van der Waals surface area contributed by atoms with Gasteiger partial charge < -0.3 is 5.11 Å². The van der Waals surface area contributed by atoms with Gasteiger partial charge in [-0.05, 0) is 67.2 Å². The van der Waals surface area contributed by atoms with Gasteiger partial charge in [0.15, 0.2) is 4.91 Å². The standard InChI is InChI=1S/C20H22N2O3S/c1-15-11-18(12-16(2)20(15)23)13-19(14-21)26(24,25)22-10-6-9-17-7-4-3-5-8-17/h3-5,7-8,11-13,22-23H,6,9-10H2,1-2H3/b19-13-. The van der Waals surface area contributed by atoms with Gasteiger partial charge in [0.2, 0.25) is 0 Å². The molecule has 0 fully saturated rings. The fourth-order valence-electron chi connectivity index (χ4n) is 2.62. The molecule has 0 bridgehead atoms. The van der Waals surface area contributed by atoms with Crippen LogP contribution < -0.4 is 4.72 Å². The third kappa shape index (κ3) is 5.19. The summed E-state index contributed by atoms with van der Waals surface area (Å²) in [6.07, 6.45) is 2.71. The van der Waals surface area contributed by atoms with Crippen LogP contribution in [0.25, 0.3) is 6.08 Å². The summed E-state index contributed by atoms with van der Waals surface area (Å²) < 4.78 is 27.2. The van der Waals surface area contributed by atoms with Crippen LogP contribution in [-0.4, -0.2) is 20.1 Å². The van der Waals surface area contributed by atoms with Gasteiger partial charge in [0.25, 0.3) is 10.0 Å². The van der Waals surface area contributed by atoms with E-state index in [0.29, 0.717) is 23.1 Å². The number of phenolic OH excluding ortho intramolecular Hbond substituents is 1. The second-order valence-corrected chi connectivity index (χ2v) is 7.85. The zero-order chi connectivity index (χ0) is 19.2. The number of nitrogens with one attached hydrogen (secondary N) is 1. The smallest absolute Gasteiger partial charge is 0.250 e. The fraction of sp³-hybridized carbons (Fsp3) is 0.250. The number of hydrogen-bond acceptors (Lipinski definition) is 4. The van der Waals surface area contributed by atoms with Crippen molar-refractivity contribution < 1.29 is 13.5 Å². The summed E-state index contributed by atoms with van der Waals surface area (Å²) in [7, 11) is -3.87. The molecule has 26 heavy (non-hydrogen) atoms. The summed E-state index contributed by atoms with van der Waals surface area (Å²) in [4.78, 5) is -0.346. The predicted molar refractivity (Wildman–Crippen MR) is 103 cm³/mol. The van der Waals surface area contributed by atoms with Gasteiger partial charge in [-0.15, -0.1) is 0 Å². The van der Waals surface area contributed by atoms with Gasteiger partial charge in [-0.2, -0.15) is 5.26 Å². The van der Waals surface area contributed by atoms with Crippen LogP contribution in [0.3, 0.4) is 0 Å². The number of aryl methyl sites for hydroxylation is 3. The van der Waals surface area contributed by atoms with Crippen LogP contribution >= 0.6 is 0 Å². The first-order chi connectivity index (χ1) is 12.3. The predicted octanol–water partition coefficient (Wildman–Crippen LogP) is 3.43. The van der Waals surface area contributed by atoms with Crippen LogP contribution in [0.2, 0.25) is 0 Å². The molecule has 0 heterocycles. The summed E-state index contributed by atoms with van der Waals surface area (Å²) in [6.45, 7) is 3.70. The Hall–Kier alpha value is -2.62. The van der Waals surface area contributed by atoms with Crippen LogP contribution in [0.4, 0.5) is 0 Å². The van der Waals surface area contributed by atoms with Gasteiger partial charge in [-0.25, -0.2) is 13.1 Å². The lowest BCUT2D eigenvalue weighted by molar-refractivity contribution is 0.467. The van der Waals surface area contributed by atoms with Gasteiger partial charge in [0.1, 0.15) is 11.8 Å². The largest absolute Gasteiger partial charge is 0.507 e. The molecular formula is C20H22N2O3S. The molecule has 0 atom stereocenters. The summed E-state index contributed by atoms with van der Waals surface area (Å²) in [6, 6.07) is 14.8. The van der Waals surface area contributed by atoms with E-state index >= 15 is 0 Å². The quantitative estimate of drug-likeness (QED) is 0.577. The van der Waals surface area contributed by atoms with Crippen molar-refractivity contribution in [2.75, 3.05) is 6.54 Å². The minimum atomic E-state index is -3.87.